The maximum Gasteiger partial charge on any atom is 0.0430 e. The Morgan fingerprint density at radius 3 is 2.50 bits per heavy atom. The predicted molar refractivity (Wildman–Crippen MR) is 31.1 cm³/mol. The fraction of sp³-hybridized carbons (Fsp3) is 0.833. The number of ether oxygens (including phenoxy) is 1. The molecule has 1 nitrogen and oxygen atoms in total. The van der Waals surface area contributed by atoms with E-state index in [1.165, 1.54) is 6.42 Å². The van der Waals surface area contributed by atoms with Crippen molar-refractivity contribution in [1.29, 1.82) is 0 Å². The second-order valence-corrected chi connectivity index (χ2v) is 1.47. The third-order valence-corrected chi connectivity index (χ3v) is 0.787. The molecule has 0 rings (SSSR count). The molecule has 0 aliphatic heterocycles. The summed E-state index contributed by atoms with van der Waals surface area (Å²) < 4.78 is 4.96. The molecule has 0 atom stereocenters. The fourth-order valence-electron chi connectivity index (χ4n) is 0.348. The molecule has 0 heterocycles. The van der Waals surface area contributed by atoms with Crippen molar-refractivity contribution >= 4 is 0 Å². The van der Waals surface area contributed by atoms with Crippen LogP contribution in [0.15, 0.2) is 0 Å². The first-order chi connectivity index (χ1) is 3.41. The standard InChI is InChI=1S/C6H13O.Zn/c1-3-5-6-7-4-2;/h2-6H2,1H3;/q-1;. The van der Waals surface area contributed by atoms with Crippen molar-refractivity contribution < 1.29 is 24.2 Å². The van der Waals surface area contributed by atoms with Gasteiger partial charge in [-0.05, 0) is 6.42 Å². The minimum absolute atomic E-state index is 0. The molecular formula is C6H13OZn-. The Kier molecular flexibility index (Phi) is 15.0. The molecule has 2 heteroatoms. The molecule has 0 N–H and O–H groups in total. The van der Waals surface area contributed by atoms with Crippen LogP contribution in [-0.2, 0) is 24.2 Å². The predicted octanol–water partition coefficient (Wildman–Crippen LogP) is 1.63. The Hall–Kier alpha value is 0.583. The van der Waals surface area contributed by atoms with E-state index in [0.29, 0.717) is 6.61 Å². The fourth-order valence-corrected chi connectivity index (χ4v) is 0.348. The van der Waals surface area contributed by atoms with Crippen LogP contribution in [-0.4, -0.2) is 13.2 Å². The van der Waals surface area contributed by atoms with Gasteiger partial charge in [0.15, 0.2) is 0 Å². The van der Waals surface area contributed by atoms with Gasteiger partial charge in [0.1, 0.15) is 0 Å². The van der Waals surface area contributed by atoms with E-state index in [0.717, 1.165) is 13.0 Å². The monoisotopic (exact) mass is 165 g/mol. The van der Waals surface area contributed by atoms with Gasteiger partial charge in [0.05, 0.1) is 0 Å². The van der Waals surface area contributed by atoms with Crippen molar-refractivity contribution in [3.8, 4) is 0 Å². The van der Waals surface area contributed by atoms with Gasteiger partial charge in [-0.3, -0.25) is 0 Å². The third-order valence-electron chi connectivity index (χ3n) is 0.787. The van der Waals surface area contributed by atoms with E-state index in [9.17, 15) is 0 Å². The van der Waals surface area contributed by atoms with Crippen LogP contribution in [0.25, 0.3) is 0 Å². The van der Waals surface area contributed by atoms with E-state index in [1.54, 1.807) is 0 Å². The third kappa shape index (κ3) is 9.77. The molecule has 0 unspecified atom stereocenters. The Morgan fingerprint density at radius 1 is 1.50 bits per heavy atom. The molecule has 0 aliphatic rings. The van der Waals surface area contributed by atoms with Gasteiger partial charge < -0.3 is 11.7 Å². The van der Waals surface area contributed by atoms with Crippen LogP contribution in [0.2, 0.25) is 0 Å². The van der Waals surface area contributed by atoms with Crippen molar-refractivity contribution in [2.75, 3.05) is 13.2 Å². The van der Waals surface area contributed by atoms with Gasteiger partial charge in [-0.15, -0.1) is 0 Å². The maximum absolute atomic E-state index is 4.96. The molecule has 0 aliphatic carbocycles. The summed E-state index contributed by atoms with van der Waals surface area (Å²) >= 11 is 0. The van der Waals surface area contributed by atoms with Crippen LogP contribution in [0, 0.1) is 6.92 Å². The summed E-state index contributed by atoms with van der Waals surface area (Å²) in [6, 6.07) is 0. The molecule has 0 fully saturated rings. The first-order valence-electron chi connectivity index (χ1n) is 2.78. The summed E-state index contributed by atoms with van der Waals surface area (Å²) in [6.45, 7) is 7.17. The molecule has 46 valence electrons. The number of unbranched alkanes of at least 4 members (excludes halogenated alkanes) is 1. The zero-order valence-electron chi connectivity index (χ0n) is 5.65. The minimum atomic E-state index is 0. The van der Waals surface area contributed by atoms with E-state index in [2.05, 4.69) is 13.8 Å². The van der Waals surface area contributed by atoms with Gasteiger partial charge >= 0.3 is 0 Å². The second-order valence-electron chi connectivity index (χ2n) is 1.47. The van der Waals surface area contributed by atoms with Gasteiger partial charge in [0, 0.05) is 26.1 Å². The zero-order chi connectivity index (χ0) is 5.54. The van der Waals surface area contributed by atoms with Crippen LogP contribution < -0.4 is 0 Å². The summed E-state index contributed by atoms with van der Waals surface area (Å²) in [5.41, 5.74) is 0. The van der Waals surface area contributed by atoms with Gasteiger partial charge in [0.2, 0.25) is 0 Å². The average molecular weight is 167 g/mol. The summed E-state index contributed by atoms with van der Waals surface area (Å²) in [4.78, 5) is 0. The molecule has 0 aromatic rings. The maximum atomic E-state index is 4.96. The Labute approximate surface area is 64.6 Å². The van der Waals surface area contributed by atoms with Gasteiger partial charge in [-0.25, -0.2) is 0 Å². The molecule has 0 radical (unpaired) electrons. The second kappa shape index (κ2) is 10.5. The van der Waals surface area contributed by atoms with Crippen molar-refractivity contribution in [2.45, 2.75) is 19.8 Å². The summed E-state index contributed by atoms with van der Waals surface area (Å²) in [5, 5.41) is 0. The molecule has 0 saturated carbocycles. The van der Waals surface area contributed by atoms with Crippen molar-refractivity contribution in [3.05, 3.63) is 6.92 Å². The molecule has 0 bridgehead atoms. The van der Waals surface area contributed by atoms with E-state index in [-0.39, 0.29) is 19.5 Å². The number of hydrogen-bond donors (Lipinski definition) is 0. The van der Waals surface area contributed by atoms with E-state index < -0.39 is 0 Å². The average Bonchev–Trinajstić information content (AvgIpc) is 1.69. The molecular weight excluding hydrogens is 153 g/mol. The Balaban J connectivity index is 0. The summed E-state index contributed by atoms with van der Waals surface area (Å²) in [6.07, 6.45) is 2.37. The molecule has 0 amide bonds. The molecule has 8 heavy (non-hydrogen) atoms. The van der Waals surface area contributed by atoms with E-state index in [1.807, 2.05) is 0 Å². The molecule has 0 spiro atoms. The smallest absolute Gasteiger partial charge is 0.0430 e. The number of rotatable bonds is 4. The normalized spacial score (nSPS) is 8.25. The molecule has 0 saturated heterocycles. The first-order valence-corrected chi connectivity index (χ1v) is 2.78. The van der Waals surface area contributed by atoms with Gasteiger partial charge in [-0.2, -0.15) is 0 Å². The Morgan fingerprint density at radius 2 is 2.12 bits per heavy atom. The zero-order valence-corrected chi connectivity index (χ0v) is 8.62. The summed E-state index contributed by atoms with van der Waals surface area (Å²) in [5.74, 6) is 0. The molecule has 0 aromatic carbocycles. The topological polar surface area (TPSA) is 9.23 Å². The number of hydrogen-bond acceptors (Lipinski definition) is 1. The van der Waals surface area contributed by atoms with Gasteiger partial charge in [0.25, 0.3) is 0 Å². The van der Waals surface area contributed by atoms with Crippen LogP contribution in [0.1, 0.15) is 19.8 Å². The quantitative estimate of drug-likeness (QED) is 0.351. The minimum Gasteiger partial charge on any atom is -0.413 e. The van der Waals surface area contributed by atoms with Crippen molar-refractivity contribution in [2.24, 2.45) is 0 Å². The van der Waals surface area contributed by atoms with Crippen LogP contribution >= 0.6 is 0 Å². The van der Waals surface area contributed by atoms with Crippen LogP contribution in [0.5, 0.6) is 0 Å². The van der Waals surface area contributed by atoms with Crippen LogP contribution in [0.4, 0.5) is 0 Å². The van der Waals surface area contributed by atoms with Crippen molar-refractivity contribution in [1.82, 2.24) is 0 Å². The Bertz CT molecular complexity index is 27.7. The summed E-state index contributed by atoms with van der Waals surface area (Å²) in [7, 11) is 0. The largest absolute Gasteiger partial charge is 0.413 e. The van der Waals surface area contributed by atoms with Crippen LogP contribution in [0.3, 0.4) is 0 Å². The van der Waals surface area contributed by atoms with Gasteiger partial charge in [-0.1, -0.05) is 20.0 Å². The van der Waals surface area contributed by atoms with Crippen molar-refractivity contribution in [3.63, 3.8) is 0 Å². The van der Waals surface area contributed by atoms with E-state index in [4.69, 9.17) is 4.74 Å². The molecule has 0 aromatic heterocycles. The SMILES string of the molecule is [CH2-]COCCCC.[Zn]. The first kappa shape index (κ1) is 11.4. The van der Waals surface area contributed by atoms with E-state index >= 15 is 0 Å².